The van der Waals surface area contributed by atoms with Crippen LogP contribution in [0.4, 0.5) is 10.2 Å². The minimum Gasteiger partial charge on any atom is -0.326 e. The van der Waals surface area contributed by atoms with E-state index in [-0.39, 0.29) is 36.8 Å². The largest absolute Gasteiger partial charge is 0.326 e. The van der Waals surface area contributed by atoms with E-state index in [0.717, 1.165) is 16.8 Å². The van der Waals surface area contributed by atoms with Crippen molar-refractivity contribution in [3.05, 3.63) is 70.8 Å². The number of Topliss-reactive ketones (excluding diaryl/α,β-unsaturated/α-hetero) is 1. The van der Waals surface area contributed by atoms with Crippen LogP contribution in [0.5, 0.6) is 0 Å². The van der Waals surface area contributed by atoms with Gasteiger partial charge in [0.1, 0.15) is 40.7 Å². The van der Waals surface area contributed by atoms with Crippen molar-refractivity contribution in [2.45, 2.75) is 39.0 Å². The number of rotatable bonds is 6. The molecule has 0 radical (unpaired) electrons. The van der Waals surface area contributed by atoms with E-state index in [1.807, 2.05) is 37.4 Å². The number of carbonyl (C=O) groups is 3. The molecule has 1 N–H and O–H groups in total. The Morgan fingerprint density at radius 3 is 2.66 bits per heavy atom. The number of likely N-dealkylation sites (tertiary alicyclic amines) is 1. The lowest BCUT2D eigenvalue weighted by atomic mass is 10.0. The number of anilines is 1. The maximum Gasteiger partial charge on any atom is 0.248 e. The van der Waals surface area contributed by atoms with Gasteiger partial charge in [-0.15, -0.1) is 0 Å². The van der Waals surface area contributed by atoms with Gasteiger partial charge in [0.2, 0.25) is 11.8 Å². The third-order valence-electron chi connectivity index (χ3n) is 6.98. The van der Waals surface area contributed by atoms with E-state index >= 15 is 0 Å². The van der Waals surface area contributed by atoms with Crippen LogP contribution in [0.25, 0.3) is 27.7 Å². The topological polar surface area (TPSA) is 127 Å². The average Bonchev–Trinajstić information content (AvgIpc) is 3.62. The minimum absolute atomic E-state index is 0.122. The fourth-order valence-corrected chi connectivity index (χ4v) is 5.46. The molecule has 0 saturated carbocycles. The standard InChI is InChI=1S/C28H24BrFN8O3/c1-15(39)27-20-10-17(18-7-9-25-31-16(2)34-38(25)12-18)6-8-21(20)37(35-27)14-26(40)36-13-19(30)11-22(36)28(41)33-24-5-3-4-23(29)32-24/h3-10,12,19,22H,11,13-14H2,1-2H3,(H,32,33,41)/t19-,22+/m1/s1. The molecular formula is C28H24BrFN8O3. The van der Waals surface area contributed by atoms with Crippen LogP contribution in [-0.4, -0.2) is 70.6 Å². The van der Waals surface area contributed by atoms with Crippen molar-refractivity contribution >= 4 is 55.9 Å². The van der Waals surface area contributed by atoms with Gasteiger partial charge >= 0.3 is 0 Å². The summed E-state index contributed by atoms with van der Waals surface area (Å²) in [6, 6.07) is 13.3. The molecule has 5 heterocycles. The monoisotopic (exact) mass is 618 g/mol. The quantitative estimate of drug-likeness (QED) is 0.225. The van der Waals surface area contributed by atoms with Gasteiger partial charge in [0, 0.05) is 30.5 Å². The second-order valence-corrected chi connectivity index (χ2v) is 10.7. The van der Waals surface area contributed by atoms with Crippen LogP contribution in [0.2, 0.25) is 0 Å². The summed E-state index contributed by atoms with van der Waals surface area (Å²) in [5.74, 6) is -0.322. The van der Waals surface area contributed by atoms with Gasteiger partial charge in [-0.1, -0.05) is 12.1 Å². The Kier molecular flexibility index (Phi) is 6.81. The van der Waals surface area contributed by atoms with E-state index in [1.54, 1.807) is 28.8 Å². The van der Waals surface area contributed by atoms with Gasteiger partial charge in [-0.2, -0.15) is 10.2 Å². The van der Waals surface area contributed by atoms with Gasteiger partial charge in [-0.25, -0.2) is 18.9 Å². The molecule has 0 aliphatic carbocycles. The highest BCUT2D eigenvalue weighted by Crippen LogP contribution is 2.28. The Balaban J connectivity index is 1.28. The van der Waals surface area contributed by atoms with Crippen molar-refractivity contribution in [2.75, 3.05) is 11.9 Å². The van der Waals surface area contributed by atoms with Gasteiger partial charge in [0.15, 0.2) is 11.4 Å². The summed E-state index contributed by atoms with van der Waals surface area (Å²) in [5, 5.41) is 12.0. The van der Waals surface area contributed by atoms with Crippen molar-refractivity contribution in [1.82, 2.24) is 34.3 Å². The first-order chi connectivity index (χ1) is 19.7. The summed E-state index contributed by atoms with van der Waals surface area (Å²) in [6.07, 6.45) is 0.386. The van der Waals surface area contributed by atoms with Crippen LogP contribution in [0.15, 0.2) is 59.3 Å². The molecule has 4 aromatic heterocycles. The van der Waals surface area contributed by atoms with E-state index in [4.69, 9.17) is 0 Å². The molecule has 41 heavy (non-hydrogen) atoms. The first-order valence-corrected chi connectivity index (χ1v) is 13.7. The molecule has 1 saturated heterocycles. The van der Waals surface area contributed by atoms with Crippen molar-refractivity contribution < 1.29 is 18.8 Å². The molecule has 1 aliphatic rings. The number of nitrogens with one attached hydrogen (secondary N) is 1. The Morgan fingerprint density at radius 2 is 1.88 bits per heavy atom. The average molecular weight is 619 g/mol. The molecule has 13 heteroatoms. The number of hydrogen-bond acceptors (Lipinski definition) is 7. The minimum atomic E-state index is -1.35. The summed E-state index contributed by atoms with van der Waals surface area (Å²) in [4.78, 5) is 48.7. The Bertz CT molecular complexity index is 1850. The van der Waals surface area contributed by atoms with E-state index in [1.165, 1.54) is 16.5 Å². The molecule has 1 fully saturated rings. The number of alkyl halides is 1. The Labute approximate surface area is 241 Å². The molecule has 208 valence electrons. The number of pyridine rings is 2. The van der Waals surface area contributed by atoms with Crippen molar-refractivity contribution in [2.24, 2.45) is 0 Å². The molecule has 0 bridgehead atoms. The summed E-state index contributed by atoms with van der Waals surface area (Å²) < 4.78 is 18.1. The number of carbonyl (C=O) groups excluding carboxylic acids is 3. The van der Waals surface area contributed by atoms with Gasteiger partial charge in [-0.3, -0.25) is 19.1 Å². The fraction of sp³-hybridized carbons (Fsp3) is 0.250. The molecule has 5 aromatic rings. The fourth-order valence-electron chi connectivity index (χ4n) is 5.12. The van der Waals surface area contributed by atoms with Crippen LogP contribution in [-0.2, 0) is 16.1 Å². The van der Waals surface area contributed by atoms with Crippen LogP contribution in [0.3, 0.4) is 0 Å². The maximum absolute atomic E-state index is 14.5. The van der Waals surface area contributed by atoms with Gasteiger partial charge in [0.05, 0.1) is 12.1 Å². The number of amides is 2. The SMILES string of the molecule is CC(=O)c1nn(CC(=O)N2C[C@H](F)C[C@H]2C(=O)Nc2cccc(Br)n2)c2ccc(-c3ccc4nc(C)nn4c3)cc12. The second-order valence-electron chi connectivity index (χ2n) is 9.90. The molecule has 2 amide bonds. The first kappa shape index (κ1) is 26.7. The molecule has 0 unspecified atom stereocenters. The lowest BCUT2D eigenvalue weighted by Gasteiger charge is -2.23. The zero-order valence-electron chi connectivity index (χ0n) is 22.1. The number of hydrogen-bond donors (Lipinski definition) is 1. The van der Waals surface area contributed by atoms with E-state index in [0.29, 0.717) is 21.3 Å². The highest BCUT2D eigenvalue weighted by Gasteiger charge is 2.40. The highest BCUT2D eigenvalue weighted by atomic mass is 79.9. The lowest BCUT2D eigenvalue weighted by Crippen LogP contribution is -2.44. The van der Waals surface area contributed by atoms with Crippen LogP contribution in [0, 0.1) is 6.92 Å². The third kappa shape index (κ3) is 5.20. The normalized spacial score (nSPS) is 16.9. The second kappa shape index (κ2) is 10.5. The smallest absolute Gasteiger partial charge is 0.248 e. The maximum atomic E-state index is 14.5. The lowest BCUT2D eigenvalue weighted by molar-refractivity contribution is -0.137. The molecule has 2 atom stereocenters. The zero-order valence-corrected chi connectivity index (χ0v) is 23.7. The van der Waals surface area contributed by atoms with E-state index < -0.39 is 24.0 Å². The summed E-state index contributed by atoms with van der Waals surface area (Å²) in [5.41, 5.74) is 3.20. The van der Waals surface area contributed by atoms with Crippen molar-refractivity contribution in [3.63, 3.8) is 0 Å². The van der Waals surface area contributed by atoms with Gasteiger partial charge < -0.3 is 10.2 Å². The summed E-state index contributed by atoms with van der Waals surface area (Å²) in [6.45, 7) is 2.75. The number of aryl methyl sites for hydroxylation is 1. The number of ketones is 1. The highest BCUT2D eigenvalue weighted by molar-refractivity contribution is 9.10. The molecule has 1 aromatic carbocycles. The zero-order chi connectivity index (χ0) is 28.8. The van der Waals surface area contributed by atoms with Crippen molar-refractivity contribution in [1.29, 1.82) is 0 Å². The summed E-state index contributed by atoms with van der Waals surface area (Å²) in [7, 11) is 0. The third-order valence-corrected chi connectivity index (χ3v) is 7.42. The van der Waals surface area contributed by atoms with E-state index in [2.05, 4.69) is 41.4 Å². The number of benzene rings is 1. The number of aromatic nitrogens is 6. The molecule has 0 spiro atoms. The van der Waals surface area contributed by atoms with E-state index in [9.17, 15) is 18.8 Å². The van der Waals surface area contributed by atoms with Crippen LogP contribution in [0.1, 0.15) is 29.7 Å². The van der Waals surface area contributed by atoms with Crippen LogP contribution < -0.4 is 5.32 Å². The molecular weight excluding hydrogens is 595 g/mol. The molecule has 11 nitrogen and oxygen atoms in total. The molecule has 1 aliphatic heterocycles. The summed E-state index contributed by atoms with van der Waals surface area (Å²) >= 11 is 3.25. The predicted octanol–water partition coefficient (Wildman–Crippen LogP) is 3.99. The van der Waals surface area contributed by atoms with Crippen LogP contribution >= 0.6 is 15.9 Å². The number of fused-ring (bicyclic) bond motifs is 2. The van der Waals surface area contributed by atoms with Crippen molar-refractivity contribution in [3.8, 4) is 11.1 Å². The molecule has 6 rings (SSSR count). The van der Waals surface area contributed by atoms with Gasteiger partial charge in [0.25, 0.3) is 0 Å². The van der Waals surface area contributed by atoms with Gasteiger partial charge in [-0.05, 0) is 64.8 Å². The Hall–Kier alpha value is -4.52. The first-order valence-electron chi connectivity index (χ1n) is 12.9. The Morgan fingerprint density at radius 1 is 1.07 bits per heavy atom. The predicted molar refractivity (Wildman–Crippen MR) is 152 cm³/mol. The number of nitrogens with zero attached hydrogens (tertiary/aromatic N) is 7. The number of halogens is 2.